The first-order valence-electron chi connectivity index (χ1n) is 9.86. The zero-order valence-electron chi connectivity index (χ0n) is 17.1. The van der Waals surface area contributed by atoms with Gasteiger partial charge < -0.3 is 14.8 Å². The molecule has 1 aliphatic rings. The molecule has 1 aromatic rings. The number of ether oxygens (including phenoxy) is 2. The van der Waals surface area contributed by atoms with Gasteiger partial charge in [-0.15, -0.1) is 0 Å². The smallest absolute Gasteiger partial charge is 0.437 e. The Hall–Kier alpha value is -3.10. The average molecular weight is 417 g/mol. The number of nitrogens with one attached hydrogen (secondary N) is 2. The molecule has 2 rings (SSSR count). The summed E-state index contributed by atoms with van der Waals surface area (Å²) in [4.78, 5) is 40.1. The maximum Gasteiger partial charge on any atom is 0.437 e. The molecule has 0 saturated carbocycles. The second-order valence-electron chi connectivity index (χ2n) is 6.65. The fourth-order valence-corrected chi connectivity index (χ4v) is 2.59. The normalized spacial score (nSPS) is 19.5. The van der Waals surface area contributed by atoms with E-state index < -0.39 is 24.2 Å². The highest BCUT2D eigenvalue weighted by Gasteiger charge is 2.31. The minimum absolute atomic E-state index is 0.0123. The molecule has 1 heterocycles. The van der Waals surface area contributed by atoms with E-state index in [1.807, 2.05) is 6.07 Å². The lowest BCUT2D eigenvalue weighted by Gasteiger charge is -2.30. The molecular formula is C21H27N3O6. The van der Waals surface area contributed by atoms with Crippen molar-refractivity contribution in [3.8, 4) is 0 Å². The summed E-state index contributed by atoms with van der Waals surface area (Å²) in [5.41, 5.74) is 0.542. The standard InChI is InChI=1S/C21H27N3O6/c1-3-4-6-11-19(26)23-18-13-12-17(14-28-15(2)25)29-20(18)24-30-21(27)22-16-9-7-5-8-10-16/h5,7-10,12-13,17-18H,3-4,6,11,14H2,1-2H3,(H,22,27)(H,23,26)/t17-,18-/m1/s1. The molecule has 2 atom stereocenters. The molecule has 0 aromatic heterocycles. The van der Waals surface area contributed by atoms with E-state index in [9.17, 15) is 14.4 Å². The summed E-state index contributed by atoms with van der Waals surface area (Å²) in [6, 6.07) is 8.04. The van der Waals surface area contributed by atoms with E-state index in [1.54, 1.807) is 37.1 Å². The summed E-state index contributed by atoms with van der Waals surface area (Å²) in [6.07, 6.45) is 5.01. The second-order valence-corrected chi connectivity index (χ2v) is 6.65. The van der Waals surface area contributed by atoms with Crippen LogP contribution in [0.4, 0.5) is 10.5 Å². The van der Waals surface area contributed by atoms with Gasteiger partial charge in [0.1, 0.15) is 18.8 Å². The zero-order valence-corrected chi connectivity index (χ0v) is 17.1. The van der Waals surface area contributed by atoms with Gasteiger partial charge in [0.05, 0.1) is 0 Å². The van der Waals surface area contributed by atoms with Gasteiger partial charge in [-0.25, -0.2) is 4.79 Å². The summed E-state index contributed by atoms with van der Waals surface area (Å²) in [6.45, 7) is 3.32. The second kappa shape index (κ2) is 12.5. The summed E-state index contributed by atoms with van der Waals surface area (Å²) in [5, 5.41) is 9.07. The monoisotopic (exact) mass is 417 g/mol. The van der Waals surface area contributed by atoms with Crippen LogP contribution in [-0.4, -0.2) is 42.6 Å². The van der Waals surface area contributed by atoms with Gasteiger partial charge in [0, 0.05) is 31.9 Å². The van der Waals surface area contributed by atoms with E-state index >= 15 is 0 Å². The highest BCUT2D eigenvalue weighted by molar-refractivity contribution is 5.91. The Kier molecular flexibility index (Phi) is 9.63. The van der Waals surface area contributed by atoms with E-state index in [1.165, 1.54) is 6.92 Å². The summed E-state index contributed by atoms with van der Waals surface area (Å²) < 4.78 is 10.6. The van der Waals surface area contributed by atoms with E-state index in [-0.39, 0.29) is 18.4 Å². The molecule has 2 N–H and O–H groups in total. The Balaban J connectivity index is 1.98. The molecule has 30 heavy (non-hydrogen) atoms. The van der Waals surface area contributed by atoms with Crippen LogP contribution in [0.25, 0.3) is 0 Å². The van der Waals surface area contributed by atoms with Gasteiger partial charge in [0.25, 0.3) is 0 Å². The Morgan fingerprint density at radius 3 is 2.60 bits per heavy atom. The van der Waals surface area contributed by atoms with Gasteiger partial charge >= 0.3 is 12.1 Å². The third kappa shape index (κ3) is 8.50. The molecule has 0 spiro atoms. The topological polar surface area (TPSA) is 115 Å². The predicted octanol–water partition coefficient (Wildman–Crippen LogP) is 2.98. The Labute approximate surface area is 176 Å². The maximum absolute atomic E-state index is 12.2. The third-order valence-corrected chi connectivity index (χ3v) is 4.07. The number of hydrogen-bond acceptors (Lipinski definition) is 7. The number of rotatable bonds is 9. The molecule has 1 aromatic carbocycles. The average Bonchev–Trinajstić information content (AvgIpc) is 2.73. The van der Waals surface area contributed by atoms with Crippen LogP contribution in [0, 0.1) is 12.8 Å². The molecule has 0 aliphatic carbocycles. The van der Waals surface area contributed by atoms with Crippen LogP contribution in [0.5, 0.6) is 0 Å². The minimum Gasteiger partial charge on any atom is -0.470 e. The molecule has 9 heteroatoms. The number of para-hydroxylation sites is 1. The van der Waals surface area contributed by atoms with Crippen molar-refractivity contribution < 1.29 is 28.7 Å². The number of anilines is 1. The first kappa shape index (κ1) is 23.2. The number of esters is 1. The van der Waals surface area contributed by atoms with Crippen molar-refractivity contribution in [2.75, 3.05) is 11.9 Å². The van der Waals surface area contributed by atoms with Crippen LogP contribution >= 0.6 is 0 Å². The number of unbranched alkanes of at least 4 members (excludes halogenated alkanes) is 2. The van der Waals surface area contributed by atoms with Gasteiger partial charge in [-0.05, 0) is 23.7 Å². The van der Waals surface area contributed by atoms with E-state index in [4.69, 9.17) is 14.3 Å². The summed E-state index contributed by atoms with van der Waals surface area (Å²) in [7, 11) is 0. The SMILES string of the molecule is CCCCCC(=O)N[C@@H]1[CH][CH][C@H](COC(C)=O)OC1=NOC(=O)Nc1ccccc1. The minimum atomic E-state index is -0.809. The lowest BCUT2D eigenvalue weighted by Crippen LogP contribution is -2.48. The van der Waals surface area contributed by atoms with Crippen molar-refractivity contribution in [3.63, 3.8) is 0 Å². The molecule has 162 valence electrons. The number of carbonyl (C=O) groups is 3. The number of carbonyl (C=O) groups excluding carboxylic acids is 3. The maximum atomic E-state index is 12.2. The van der Waals surface area contributed by atoms with Gasteiger partial charge in [-0.1, -0.05) is 38.0 Å². The molecular weight excluding hydrogens is 390 g/mol. The summed E-state index contributed by atoms with van der Waals surface area (Å²) in [5.74, 6) is -0.626. The van der Waals surface area contributed by atoms with Crippen molar-refractivity contribution in [1.29, 1.82) is 0 Å². The lowest BCUT2D eigenvalue weighted by atomic mass is 10.0. The van der Waals surface area contributed by atoms with Crippen LogP contribution in [0.15, 0.2) is 35.5 Å². The fourth-order valence-electron chi connectivity index (χ4n) is 2.59. The van der Waals surface area contributed by atoms with E-state index in [0.29, 0.717) is 12.1 Å². The highest BCUT2D eigenvalue weighted by Crippen LogP contribution is 2.16. The Bertz CT molecular complexity index is 738. The molecule has 2 amide bonds. The lowest BCUT2D eigenvalue weighted by molar-refractivity contribution is -0.143. The van der Waals surface area contributed by atoms with Gasteiger partial charge in [0.2, 0.25) is 11.8 Å². The molecule has 1 aliphatic heterocycles. The van der Waals surface area contributed by atoms with Crippen LogP contribution in [0.1, 0.15) is 39.5 Å². The molecule has 0 unspecified atom stereocenters. The molecule has 9 nitrogen and oxygen atoms in total. The summed E-state index contributed by atoms with van der Waals surface area (Å²) >= 11 is 0. The number of oxime groups is 1. The number of nitrogens with zero attached hydrogens (tertiary/aromatic N) is 1. The van der Waals surface area contributed by atoms with Gasteiger partial charge in [-0.2, -0.15) is 0 Å². The fraction of sp³-hybridized carbons (Fsp3) is 0.429. The van der Waals surface area contributed by atoms with Crippen molar-refractivity contribution in [1.82, 2.24) is 5.32 Å². The van der Waals surface area contributed by atoms with Crippen molar-refractivity contribution in [3.05, 3.63) is 43.2 Å². The third-order valence-electron chi connectivity index (χ3n) is 4.07. The quantitative estimate of drug-likeness (QED) is 0.276. The molecule has 1 fully saturated rings. The van der Waals surface area contributed by atoms with Gasteiger partial charge in [0.15, 0.2) is 0 Å². The van der Waals surface area contributed by atoms with Crippen molar-refractivity contribution >= 4 is 29.6 Å². The molecule has 0 bridgehead atoms. The van der Waals surface area contributed by atoms with Crippen LogP contribution in [0.3, 0.4) is 0 Å². The first-order chi connectivity index (χ1) is 14.5. The van der Waals surface area contributed by atoms with Crippen LogP contribution in [-0.2, 0) is 23.9 Å². The van der Waals surface area contributed by atoms with Crippen LogP contribution in [0.2, 0.25) is 0 Å². The Morgan fingerprint density at radius 1 is 1.13 bits per heavy atom. The van der Waals surface area contributed by atoms with Crippen molar-refractivity contribution in [2.45, 2.75) is 51.7 Å². The first-order valence-corrected chi connectivity index (χ1v) is 9.86. The van der Waals surface area contributed by atoms with E-state index in [0.717, 1.165) is 19.3 Å². The molecule has 1 saturated heterocycles. The Morgan fingerprint density at radius 2 is 1.90 bits per heavy atom. The van der Waals surface area contributed by atoms with Crippen molar-refractivity contribution in [2.24, 2.45) is 5.16 Å². The molecule has 2 radical (unpaired) electrons. The predicted molar refractivity (Wildman–Crippen MR) is 110 cm³/mol. The van der Waals surface area contributed by atoms with E-state index in [2.05, 4.69) is 22.7 Å². The number of amides is 2. The highest BCUT2D eigenvalue weighted by atomic mass is 16.7. The zero-order chi connectivity index (χ0) is 21.8. The van der Waals surface area contributed by atoms with Crippen LogP contribution < -0.4 is 10.6 Å². The largest absolute Gasteiger partial charge is 0.470 e. The van der Waals surface area contributed by atoms with Gasteiger partial charge in [-0.3, -0.25) is 19.7 Å². The number of hydrogen-bond donors (Lipinski definition) is 2. The number of benzene rings is 1.